The molecule has 3 heterocycles. The number of ether oxygens (including phenoxy) is 2. The van der Waals surface area contributed by atoms with Crippen LogP contribution in [-0.4, -0.2) is 53.6 Å². The number of nitrogens with one attached hydrogen (secondary N) is 1. The number of nitrogen functional groups attached to an aromatic ring is 1. The Morgan fingerprint density at radius 2 is 1.79 bits per heavy atom. The number of carbonyl (C=O) groups is 1. The number of piperazine rings is 1. The smallest absolute Gasteiger partial charge is 0.231 e. The number of benzene rings is 2. The fourth-order valence-electron chi connectivity index (χ4n) is 4.08. The number of carbonyl (C=O) groups excluding carboxylic acids is 1. The molecule has 1 saturated heterocycles. The van der Waals surface area contributed by atoms with Crippen LogP contribution in [0.4, 0.5) is 23.0 Å². The van der Waals surface area contributed by atoms with E-state index in [0.29, 0.717) is 23.9 Å². The maximum absolute atomic E-state index is 11.5. The molecule has 3 N–H and O–H groups in total. The van der Waals surface area contributed by atoms with Crippen LogP contribution in [0.25, 0.3) is 0 Å². The first-order chi connectivity index (χ1) is 16.1. The predicted molar refractivity (Wildman–Crippen MR) is 126 cm³/mol. The van der Waals surface area contributed by atoms with Crippen LogP contribution < -0.4 is 25.4 Å². The maximum Gasteiger partial charge on any atom is 0.231 e. The summed E-state index contributed by atoms with van der Waals surface area (Å²) in [6, 6.07) is 13.4. The number of fused-ring (bicyclic) bond motifs is 1. The lowest BCUT2D eigenvalue weighted by Crippen LogP contribution is -2.46. The summed E-state index contributed by atoms with van der Waals surface area (Å²) in [7, 11) is 0. The summed E-state index contributed by atoms with van der Waals surface area (Å²) in [4.78, 5) is 24.8. The van der Waals surface area contributed by atoms with Crippen LogP contribution in [0, 0.1) is 0 Å². The average molecular weight is 447 g/mol. The van der Waals surface area contributed by atoms with E-state index < -0.39 is 0 Å². The lowest BCUT2D eigenvalue weighted by Gasteiger charge is -2.36. The molecule has 2 aromatic carbocycles. The van der Waals surface area contributed by atoms with Crippen LogP contribution >= 0.6 is 0 Å². The van der Waals surface area contributed by atoms with Crippen molar-refractivity contribution in [1.29, 1.82) is 0 Å². The largest absolute Gasteiger partial charge is 0.454 e. The summed E-state index contributed by atoms with van der Waals surface area (Å²) in [5, 5.41) is 3.23. The van der Waals surface area contributed by atoms with Crippen LogP contribution in [0.5, 0.6) is 11.5 Å². The zero-order valence-corrected chi connectivity index (χ0v) is 18.5. The van der Waals surface area contributed by atoms with Crippen LogP contribution in [0.15, 0.2) is 48.8 Å². The van der Waals surface area contributed by atoms with Gasteiger partial charge in [-0.05, 0) is 48.9 Å². The quantitative estimate of drug-likeness (QED) is 0.553. The lowest BCUT2D eigenvalue weighted by molar-refractivity contribution is 0.101. The molecule has 0 saturated carbocycles. The van der Waals surface area contributed by atoms with E-state index >= 15 is 0 Å². The van der Waals surface area contributed by atoms with Crippen molar-refractivity contribution in [3.8, 4) is 11.5 Å². The highest BCUT2D eigenvalue weighted by atomic mass is 16.7. The van der Waals surface area contributed by atoms with Gasteiger partial charge >= 0.3 is 0 Å². The molecule has 0 radical (unpaired) electrons. The maximum atomic E-state index is 11.5. The molecule has 9 nitrogen and oxygen atoms in total. The van der Waals surface area contributed by atoms with Gasteiger partial charge in [0.2, 0.25) is 6.79 Å². The van der Waals surface area contributed by atoms with E-state index in [1.807, 2.05) is 18.2 Å². The van der Waals surface area contributed by atoms with E-state index in [1.165, 1.54) is 11.9 Å². The van der Waals surface area contributed by atoms with Gasteiger partial charge in [-0.15, -0.1) is 0 Å². The van der Waals surface area contributed by atoms with Crippen LogP contribution in [0.2, 0.25) is 0 Å². The Morgan fingerprint density at radius 1 is 1.03 bits per heavy atom. The summed E-state index contributed by atoms with van der Waals surface area (Å²) < 4.78 is 10.9. The summed E-state index contributed by atoms with van der Waals surface area (Å²) in [6.07, 6.45) is 1.52. The van der Waals surface area contributed by atoms with Gasteiger partial charge in [0.15, 0.2) is 28.9 Å². The van der Waals surface area contributed by atoms with Gasteiger partial charge in [-0.1, -0.05) is 6.07 Å². The third-order valence-electron chi connectivity index (χ3n) is 5.93. The Balaban J connectivity index is 1.22. The number of nitrogens with two attached hydrogens (primary N) is 1. The molecule has 2 aliphatic heterocycles. The van der Waals surface area contributed by atoms with Gasteiger partial charge in [0.25, 0.3) is 0 Å². The van der Waals surface area contributed by atoms with Gasteiger partial charge in [0.05, 0.1) is 0 Å². The van der Waals surface area contributed by atoms with E-state index in [4.69, 9.17) is 15.2 Å². The zero-order valence-electron chi connectivity index (χ0n) is 18.5. The van der Waals surface area contributed by atoms with Crippen LogP contribution in [0.3, 0.4) is 0 Å². The number of anilines is 4. The predicted octanol–water partition coefficient (Wildman–Crippen LogP) is 3.06. The minimum absolute atomic E-state index is 0.0306. The molecule has 0 bridgehead atoms. The molecule has 3 aromatic rings. The van der Waals surface area contributed by atoms with Gasteiger partial charge in [-0.25, -0.2) is 9.97 Å². The normalized spacial score (nSPS) is 15.5. The minimum Gasteiger partial charge on any atom is -0.454 e. The molecule has 0 spiro atoms. The van der Waals surface area contributed by atoms with Crippen molar-refractivity contribution in [3.05, 3.63) is 59.9 Å². The second-order valence-electron chi connectivity index (χ2n) is 8.17. The topological polar surface area (TPSA) is 106 Å². The molecular formula is C24H26N6O3. The van der Waals surface area contributed by atoms with Gasteiger partial charge in [-0.3, -0.25) is 9.69 Å². The monoisotopic (exact) mass is 446 g/mol. The van der Waals surface area contributed by atoms with Crippen molar-refractivity contribution in [2.75, 3.05) is 48.9 Å². The highest BCUT2D eigenvalue weighted by Gasteiger charge is 2.22. The lowest BCUT2D eigenvalue weighted by atomic mass is 10.1. The first-order valence-electron chi connectivity index (χ1n) is 10.9. The van der Waals surface area contributed by atoms with Gasteiger partial charge < -0.3 is 25.4 Å². The summed E-state index contributed by atoms with van der Waals surface area (Å²) in [6.45, 7) is 6.12. The Labute approximate surface area is 192 Å². The molecule has 2 aliphatic rings. The number of rotatable bonds is 6. The van der Waals surface area contributed by atoms with Crippen LogP contribution in [0.1, 0.15) is 22.8 Å². The first kappa shape index (κ1) is 21.0. The molecule has 1 fully saturated rings. The Kier molecular flexibility index (Phi) is 5.70. The van der Waals surface area contributed by atoms with Crippen molar-refractivity contribution >= 4 is 28.8 Å². The van der Waals surface area contributed by atoms with Crippen molar-refractivity contribution in [3.63, 3.8) is 0 Å². The molecule has 1 aromatic heterocycles. The molecular weight excluding hydrogens is 420 g/mol. The Bertz CT molecular complexity index is 1160. The number of hydrogen-bond acceptors (Lipinski definition) is 9. The molecule has 0 aliphatic carbocycles. The number of Topliss-reactive ketones (excluding diaryl/α,β-unsaturated/α-hetero) is 1. The van der Waals surface area contributed by atoms with E-state index in [-0.39, 0.29) is 5.78 Å². The van der Waals surface area contributed by atoms with E-state index in [2.05, 4.69) is 37.2 Å². The average Bonchev–Trinajstić information content (AvgIpc) is 3.29. The fourth-order valence-corrected chi connectivity index (χ4v) is 4.08. The van der Waals surface area contributed by atoms with E-state index in [0.717, 1.165) is 55.7 Å². The van der Waals surface area contributed by atoms with Crippen molar-refractivity contribution in [1.82, 2.24) is 14.9 Å². The molecule has 9 heteroatoms. The highest BCUT2D eigenvalue weighted by molar-refractivity contribution is 5.94. The molecule has 0 unspecified atom stereocenters. The van der Waals surface area contributed by atoms with Gasteiger partial charge in [-0.2, -0.15) is 0 Å². The van der Waals surface area contributed by atoms with Gasteiger partial charge in [0.1, 0.15) is 12.0 Å². The number of hydrogen-bond donors (Lipinski definition) is 2. The van der Waals surface area contributed by atoms with E-state index in [1.54, 1.807) is 19.1 Å². The summed E-state index contributed by atoms with van der Waals surface area (Å²) in [5.74, 6) is 2.94. The number of ketones is 1. The van der Waals surface area contributed by atoms with Crippen LogP contribution in [-0.2, 0) is 6.54 Å². The molecule has 0 atom stereocenters. The second kappa shape index (κ2) is 8.95. The SMILES string of the molecule is CC(=O)c1ccc(Nc2ncnc(N3CCN(Cc4ccc5c(c4)OCO5)CC3)c2N)cc1. The standard InChI is InChI=1S/C24H26N6O3/c1-16(31)18-3-5-19(6-4-18)28-23-22(25)24(27-14-26-23)30-10-8-29(9-11-30)13-17-2-7-20-21(12-17)33-15-32-20/h2-7,12,14H,8-11,13,15,25H2,1H3,(H,26,27,28). The molecule has 170 valence electrons. The van der Waals surface area contributed by atoms with Crippen molar-refractivity contribution in [2.24, 2.45) is 0 Å². The van der Waals surface area contributed by atoms with Crippen molar-refractivity contribution < 1.29 is 14.3 Å². The van der Waals surface area contributed by atoms with Gasteiger partial charge in [0, 0.05) is 44.0 Å². The first-order valence-corrected chi connectivity index (χ1v) is 10.9. The summed E-state index contributed by atoms with van der Waals surface area (Å²) >= 11 is 0. The number of nitrogens with zero attached hydrogens (tertiary/aromatic N) is 4. The minimum atomic E-state index is 0.0306. The molecule has 0 amide bonds. The second-order valence-corrected chi connectivity index (χ2v) is 8.17. The van der Waals surface area contributed by atoms with Crippen molar-refractivity contribution in [2.45, 2.75) is 13.5 Å². The summed E-state index contributed by atoms with van der Waals surface area (Å²) in [5.41, 5.74) is 9.62. The third kappa shape index (κ3) is 4.54. The van der Waals surface area contributed by atoms with E-state index in [9.17, 15) is 4.79 Å². The Morgan fingerprint density at radius 3 is 2.55 bits per heavy atom. The third-order valence-corrected chi connectivity index (χ3v) is 5.93. The Hall–Kier alpha value is -3.85. The molecule has 33 heavy (non-hydrogen) atoms. The fraction of sp³-hybridized carbons (Fsp3) is 0.292. The number of aromatic nitrogens is 2. The highest BCUT2D eigenvalue weighted by Crippen LogP contribution is 2.33. The molecule has 5 rings (SSSR count). The zero-order chi connectivity index (χ0) is 22.8.